The van der Waals surface area contributed by atoms with Crippen molar-refractivity contribution in [3.8, 4) is 11.8 Å². The molecule has 2 nitrogen and oxygen atoms in total. The van der Waals surface area contributed by atoms with Gasteiger partial charge in [0.05, 0.1) is 11.6 Å². The van der Waals surface area contributed by atoms with Crippen LogP contribution in [0.5, 0.6) is 0 Å². The standard InChI is InChI=1S/C12H11Cl2NO/c13-8-7-12(16)15-9-3-5-10-4-1-2-6-11(10)14/h1-2,4,6H,7-9H2,(H,15,16). The highest BCUT2D eigenvalue weighted by Gasteiger charge is 1.96. The molecular weight excluding hydrogens is 245 g/mol. The van der Waals surface area contributed by atoms with Crippen LogP contribution in [0.1, 0.15) is 12.0 Å². The summed E-state index contributed by atoms with van der Waals surface area (Å²) >= 11 is 11.3. The first-order chi connectivity index (χ1) is 7.74. The zero-order chi connectivity index (χ0) is 11.8. The van der Waals surface area contributed by atoms with Gasteiger partial charge in [-0.05, 0) is 12.1 Å². The second-order valence-electron chi connectivity index (χ2n) is 3.00. The lowest BCUT2D eigenvalue weighted by molar-refractivity contribution is -0.120. The average molecular weight is 256 g/mol. The number of amides is 1. The van der Waals surface area contributed by atoms with Crippen molar-refractivity contribution in [2.75, 3.05) is 12.4 Å². The Labute approximate surface area is 105 Å². The Morgan fingerprint density at radius 3 is 2.81 bits per heavy atom. The number of halogens is 2. The highest BCUT2D eigenvalue weighted by molar-refractivity contribution is 6.31. The van der Waals surface area contributed by atoms with Gasteiger partial charge < -0.3 is 5.32 Å². The molecular formula is C12H11Cl2NO. The molecule has 0 saturated heterocycles. The molecule has 1 amide bonds. The van der Waals surface area contributed by atoms with Gasteiger partial charge in [0, 0.05) is 17.9 Å². The average Bonchev–Trinajstić information content (AvgIpc) is 2.27. The van der Waals surface area contributed by atoms with Gasteiger partial charge >= 0.3 is 0 Å². The van der Waals surface area contributed by atoms with Gasteiger partial charge in [-0.3, -0.25) is 4.79 Å². The monoisotopic (exact) mass is 255 g/mol. The quantitative estimate of drug-likeness (QED) is 0.653. The molecule has 1 aromatic carbocycles. The van der Waals surface area contributed by atoms with Crippen LogP contribution in [0, 0.1) is 11.8 Å². The molecule has 84 valence electrons. The number of alkyl halides is 1. The number of carbonyl (C=O) groups excluding carboxylic acids is 1. The van der Waals surface area contributed by atoms with E-state index >= 15 is 0 Å². The fourth-order valence-electron chi connectivity index (χ4n) is 1.02. The van der Waals surface area contributed by atoms with E-state index in [1.165, 1.54) is 0 Å². The van der Waals surface area contributed by atoms with E-state index in [0.29, 0.717) is 23.9 Å². The number of rotatable bonds is 3. The summed E-state index contributed by atoms with van der Waals surface area (Å²) in [6.45, 7) is 0.306. The molecule has 0 saturated carbocycles. The van der Waals surface area contributed by atoms with Crippen molar-refractivity contribution >= 4 is 29.1 Å². The summed E-state index contributed by atoms with van der Waals surface area (Å²) in [4.78, 5) is 11.0. The third-order valence-corrected chi connectivity index (χ3v) is 2.31. The van der Waals surface area contributed by atoms with Crippen LogP contribution in [0.2, 0.25) is 5.02 Å². The van der Waals surface area contributed by atoms with Crippen molar-refractivity contribution in [3.05, 3.63) is 34.9 Å². The molecule has 0 bridgehead atoms. The molecule has 0 unspecified atom stereocenters. The first kappa shape index (κ1) is 12.9. The fourth-order valence-corrected chi connectivity index (χ4v) is 1.37. The van der Waals surface area contributed by atoms with Crippen LogP contribution in [0.4, 0.5) is 0 Å². The van der Waals surface area contributed by atoms with Crippen molar-refractivity contribution in [2.45, 2.75) is 6.42 Å². The minimum atomic E-state index is -0.0940. The van der Waals surface area contributed by atoms with Crippen LogP contribution >= 0.6 is 23.2 Å². The molecule has 0 spiro atoms. The minimum Gasteiger partial charge on any atom is -0.345 e. The van der Waals surface area contributed by atoms with Crippen LogP contribution in [0.3, 0.4) is 0 Å². The molecule has 0 heterocycles. The molecule has 0 fully saturated rings. The maximum absolute atomic E-state index is 11.0. The van der Waals surface area contributed by atoms with Gasteiger partial charge in [-0.1, -0.05) is 35.6 Å². The molecule has 4 heteroatoms. The van der Waals surface area contributed by atoms with Gasteiger partial charge in [0.25, 0.3) is 0 Å². The predicted molar refractivity (Wildman–Crippen MR) is 66.7 cm³/mol. The smallest absolute Gasteiger partial charge is 0.221 e. The van der Waals surface area contributed by atoms with Gasteiger partial charge in [0.1, 0.15) is 0 Å². The zero-order valence-electron chi connectivity index (χ0n) is 8.59. The second kappa shape index (κ2) is 7.16. The minimum absolute atomic E-state index is 0.0940. The molecule has 1 aromatic rings. The lowest BCUT2D eigenvalue weighted by atomic mass is 10.2. The molecule has 16 heavy (non-hydrogen) atoms. The largest absolute Gasteiger partial charge is 0.345 e. The lowest BCUT2D eigenvalue weighted by Gasteiger charge is -1.97. The Hall–Kier alpha value is -1.17. The van der Waals surface area contributed by atoms with Crippen LogP contribution in [0.25, 0.3) is 0 Å². The van der Waals surface area contributed by atoms with Crippen molar-refractivity contribution < 1.29 is 4.79 Å². The summed E-state index contributed by atoms with van der Waals surface area (Å²) in [7, 11) is 0. The molecule has 1 N–H and O–H groups in total. The number of benzene rings is 1. The van der Waals surface area contributed by atoms with Gasteiger partial charge in [-0.25, -0.2) is 0 Å². The summed E-state index contributed by atoms with van der Waals surface area (Å²) in [5.41, 5.74) is 0.760. The van der Waals surface area contributed by atoms with Crippen LogP contribution in [-0.2, 0) is 4.79 Å². The van der Waals surface area contributed by atoms with E-state index in [9.17, 15) is 4.79 Å². The third kappa shape index (κ3) is 4.57. The van der Waals surface area contributed by atoms with Crippen LogP contribution in [0.15, 0.2) is 24.3 Å². The first-order valence-corrected chi connectivity index (χ1v) is 5.71. The fraction of sp³-hybridized carbons (Fsp3) is 0.250. The second-order valence-corrected chi connectivity index (χ2v) is 3.78. The number of hydrogen-bond donors (Lipinski definition) is 1. The molecule has 0 aliphatic carbocycles. The molecule has 0 aliphatic heterocycles. The summed E-state index contributed by atoms with van der Waals surface area (Å²) in [6, 6.07) is 7.31. The normalized spacial score (nSPS) is 9.12. The van der Waals surface area contributed by atoms with Crippen LogP contribution < -0.4 is 5.32 Å². The van der Waals surface area contributed by atoms with Crippen LogP contribution in [-0.4, -0.2) is 18.3 Å². The Morgan fingerprint density at radius 2 is 2.12 bits per heavy atom. The van der Waals surface area contributed by atoms with Gasteiger partial charge in [-0.2, -0.15) is 0 Å². The van der Waals surface area contributed by atoms with Gasteiger partial charge in [0.15, 0.2) is 0 Å². The highest BCUT2D eigenvalue weighted by Crippen LogP contribution is 2.12. The number of hydrogen-bond acceptors (Lipinski definition) is 1. The maximum atomic E-state index is 11.0. The van der Waals surface area contributed by atoms with E-state index in [-0.39, 0.29) is 5.91 Å². The van der Waals surface area contributed by atoms with E-state index in [1.54, 1.807) is 6.07 Å². The van der Waals surface area contributed by atoms with E-state index in [4.69, 9.17) is 23.2 Å². The highest BCUT2D eigenvalue weighted by atomic mass is 35.5. The molecule has 0 aliphatic rings. The summed E-state index contributed by atoms with van der Waals surface area (Å²) in [5, 5.41) is 3.25. The topological polar surface area (TPSA) is 29.1 Å². The summed E-state index contributed by atoms with van der Waals surface area (Å²) in [6.07, 6.45) is 0.315. The Morgan fingerprint density at radius 1 is 1.38 bits per heavy atom. The Balaban J connectivity index is 2.44. The third-order valence-electron chi connectivity index (χ3n) is 1.79. The number of nitrogens with one attached hydrogen (secondary N) is 1. The SMILES string of the molecule is O=C(CCCl)NCC#Cc1ccccc1Cl. The molecule has 1 rings (SSSR count). The van der Waals surface area contributed by atoms with Gasteiger partial charge in [-0.15, -0.1) is 11.6 Å². The Kier molecular flexibility index (Phi) is 5.77. The summed E-state index contributed by atoms with van der Waals surface area (Å²) in [5.74, 6) is 5.93. The zero-order valence-corrected chi connectivity index (χ0v) is 10.1. The van der Waals surface area contributed by atoms with E-state index in [2.05, 4.69) is 17.2 Å². The van der Waals surface area contributed by atoms with E-state index in [0.717, 1.165) is 5.56 Å². The molecule has 0 atom stereocenters. The molecule has 0 aromatic heterocycles. The van der Waals surface area contributed by atoms with Crippen molar-refractivity contribution in [1.29, 1.82) is 0 Å². The summed E-state index contributed by atoms with van der Waals surface area (Å²) < 4.78 is 0. The Bertz CT molecular complexity index is 421. The number of carbonyl (C=O) groups is 1. The van der Waals surface area contributed by atoms with Crippen molar-refractivity contribution in [2.24, 2.45) is 0 Å². The molecule has 0 radical (unpaired) electrons. The van der Waals surface area contributed by atoms with E-state index in [1.807, 2.05) is 18.2 Å². The predicted octanol–water partition coefficient (Wildman–Crippen LogP) is 2.44. The lowest BCUT2D eigenvalue weighted by Crippen LogP contribution is -2.23. The van der Waals surface area contributed by atoms with Crippen molar-refractivity contribution in [1.82, 2.24) is 5.32 Å². The van der Waals surface area contributed by atoms with Gasteiger partial charge in [0.2, 0.25) is 5.91 Å². The van der Waals surface area contributed by atoms with E-state index < -0.39 is 0 Å². The van der Waals surface area contributed by atoms with Crippen molar-refractivity contribution in [3.63, 3.8) is 0 Å². The maximum Gasteiger partial charge on any atom is 0.221 e. The first-order valence-electron chi connectivity index (χ1n) is 4.80.